The molecule has 0 radical (unpaired) electrons. The average molecular weight is 354 g/mol. The SMILES string of the molecule is CC(=O)c1ccc(N2CCC(C(O)c3ccccc3)CC2)c([N+](=O)[O-])c1. The summed E-state index contributed by atoms with van der Waals surface area (Å²) in [5.74, 6) is -0.0615. The first-order valence-electron chi connectivity index (χ1n) is 8.74. The molecule has 2 aromatic rings. The van der Waals surface area contributed by atoms with Crippen LogP contribution < -0.4 is 4.90 Å². The van der Waals surface area contributed by atoms with Gasteiger partial charge in [0.2, 0.25) is 0 Å². The number of nitrogens with zero attached hydrogens (tertiary/aromatic N) is 2. The summed E-state index contributed by atoms with van der Waals surface area (Å²) in [4.78, 5) is 24.5. The van der Waals surface area contributed by atoms with Crippen LogP contribution >= 0.6 is 0 Å². The van der Waals surface area contributed by atoms with E-state index in [1.807, 2.05) is 35.2 Å². The van der Waals surface area contributed by atoms with Crippen LogP contribution in [0.1, 0.15) is 41.8 Å². The Kier molecular flexibility index (Phi) is 5.32. The second-order valence-corrected chi connectivity index (χ2v) is 6.70. The summed E-state index contributed by atoms with van der Waals surface area (Å²) in [6.45, 7) is 2.67. The Labute approximate surface area is 152 Å². The van der Waals surface area contributed by atoms with Crippen molar-refractivity contribution in [3.63, 3.8) is 0 Å². The number of hydrogen-bond acceptors (Lipinski definition) is 5. The van der Waals surface area contributed by atoms with Gasteiger partial charge in [0, 0.05) is 24.7 Å². The molecular weight excluding hydrogens is 332 g/mol. The summed E-state index contributed by atoms with van der Waals surface area (Å²) in [5.41, 5.74) is 1.74. The van der Waals surface area contributed by atoms with Gasteiger partial charge in [0.1, 0.15) is 5.69 Å². The highest BCUT2D eigenvalue weighted by atomic mass is 16.6. The smallest absolute Gasteiger partial charge is 0.293 e. The maximum Gasteiger partial charge on any atom is 0.293 e. The van der Waals surface area contributed by atoms with E-state index in [-0.39, 0.29) is 17.4 Å². The largest absolute Gasteiger partial charge is 0.388 e. The molecule has 1 aliphatic rings. The van der Waals surface area contributed by atoms with Crippen molar-refractivity contribution >= 4 is 17.2 Å². The minimum atomic E-state index is -0.520. The van der Waals surface area contributed by atoms with Crippen LogP contribution in [0, 0.1) is 16.0 Å². The molecule has 3 rings (SSSR count). The molecule has 1 atom stereocenters. The first-order chi connectivity index (χ1) is 12.5. The van der Waals surface area contributed by atoms with Crippen molar-refractivity contribution in [3.05, 3.63) is 69.8 Å². The van der Waals surface area contributed by atoms with Crippen LogP contribution in [0.3, 0.4) is 0 Å². The van der Waals surface area contributed by atoms with Crippen LogP contribution in [0.15, 0.2) is 48.5 Å². The number of anilines is 1. The number of aliphatic hydroxyl groups is 1. The van der Waals surface area contributed by atoms with Gasteiger partial charge in [-0.15, -0.1) is 0 Å². The zero-order valence-electron chi connectivity index (χ0n) is 14.7. The fraction of sp³-hybridized carbons (Fsp3) is 0.350. The first kappa shape index (κ1) is 18.1. The second-order valence-electron chi connectivity index (χ2n) is 6.70. The molecule has 1 unspecified atom stereocenters. The third-order valence-corrected chi connectivity index (χ3v) is 5.05. The molecule has 0 bridgehead atoms. The molecule has 0 amide bonds. The summed E-state index contributed by atoms with van der Waals surface area (Å²) < 4.78 is 0. The van der Waals surface area contributed by atoms with E-state index in [2.05, 4.69) is 0 Å². The maximum absolute atomic E-state index is 11.5. The van der Waals surface area contributed by atoms with Gasteiger partial charge in [0.05, 0.1) is 11.0 Å². The fourth-order valence-electron chi connectivity index (χ4n) is 3.53. The highest BCUT2D eigenvalue weighted by molar-refractivity contribution is 5.95. The highest BCUT2D eigenvalue weighted by Gasteiger charge is 2.29. The van der Waals surface area contributed by atoms with E-state index in [0.29, 0.717) is 24.3 Å². The lowest BCUT2D eigenvalue weighted by Gasteiger charge is -2.35. The summed E-state index contributed by atoms with van der Waals surface area (Å²) in [6, 6.07) is 14.2. The van der Waals surface area contributed by atoms with Crippen molar-refractivity contribution in [2.45, 2.75) is 25.9 Å². The highest BCUT2D eigenvalue weighted by Crippen LogP contribution is 2.36. The minimum absolute atomic E-state index is 0.0419. The number of ketones is 1. The molecule has 0 aromatic heterocycles. The van der Waals surface area contributed by atoms with E-state index in [1.54, 1.807) is 12.1 Å². The number of carbonyl (C=O) groups excluding carboxylic acids is 1. The van der Waals surface area contributed by atoms with Crippen LogP contribution in [-0.4, -0.2) is 28.9 Å². The normalized spacial score (nSPS) is 16.3. The van der Waals surface area contributed by atoms with E-state index in [0.717, 1.165) is 18.4 Å². The number of nitro groups is 1. The molecule has 26 heavy (non-hydrogen) atoms. The minimum Gasteiger partial charge on any atom is -0.388 e. The number of benzene rings is 2. The molecule has 0 aliphatic carbocycles. The molecule has 1 N–H and O–H groups in total. The van der Waals surface area contributed by atoms with E-state index in [1.165, 1.54) is 13.0 Å². The monoisotopic (exact) mass is 354 g/mol. The van der Waals surface area contributed by atoms with Crippen LogP contribution in [0.5, 0.6) is 0 Å². The van der Waals surface area contributed by atoms with Crippen molar-refractivity contribution in [2.24, 2.45) is 5.92 Å². The average Bonchev–Trinajstić information content (AvgIpc) is 2.67. The Bertz CT molecular complexity index is 799. The van der Waals surface area contributed by atoms with Crippen LogP contribution in [0.25, 0.3) is 0 Å². The van der Waals surface area contributed by atoms with E-state index in [4.69, 9.17) is 0 Å². The van der Waals surface area contributed by atoms with Gasteiger partial charge < -0.3 is 10.0 Å². The van der Waals surface area contributed by atoms with Crippen molar-refractivity contribution in [1.82, 2.24) is 0 Å². The van der Waals surface area contributed by atoms with Gasteiger partial charge in [-0.25, -0.2) is 0 Å². The van der Waals surface area contributed by atoms with E-state index in [9.17, 15) is 20.0 Å². The number of piperidine rings is 1. The van der Waals surface area contributed by atoms with Gasteiger partial charge in [-0.05, 0) is 43.4 Å². The summed E-state index contributed by atoms with van der Waals surface area (Å²) >= 11 is 0. The molecular formula is C20H22N2O4. The van der Waals surface area contributed by atoms with Crippen molar-refractivity contribution < 1.29 is 14.8 Å². The third kappa shape index (κ3) is 3.75. The molecule has 2 aromatic carbocycles. The maximum atomic E-state index is 11.5. The van der Waals surface area contributed by atoms with Crippen molar-refractivity contribution in [3.8, 4) is 0 Å². The summed E-state index contributed by atoms with van der Waals surface area (Å²) in [6.07, 6.45) is 0.983. The standard InChI is InChI=1S/C20H22N2O4/c1-14(23)17-7-8-18(19(13-17)22(25)26)21-11-9-16(10-12-21)20(24)15-5-3-2-4-6-15/h2-8,13,16,20,24H,9-12H2,1H3. The number of nitro benzene ring substituents is 1. The Morgan fingerprint density at radius 1 is 1.19 bits per heavy atom. The molecule has 1 aliphatic heterocycles. The zero-order valence-corrected chi connectivity index (χ0v) is 14.7. The molecule has 1 fully saturated rings. The summed E-state index contributed by atoms with van der Waals surface area (Å²) in [5, 5.41) is 22.0. The number of aliphatic hydroxyl groups excluding tert-OH is 1. The van der Waals surface area contributed by atoms with Gasteiger partial charge >= 0.3 is 0 Å². The van der Waals surface area contributed by atoms with Gasteiger partial charge in [0.25, 0.3) is 5.69 Å². The van der Waals surface area contributed by atoms with Gasteiger partial charge in [-0.2, -0.15) is 0 Å². The van der Waals surface area contributed by atoms with Gasteiger partial charge in [-0.1, -0.05) is 30.3 Å². The lowest BCUT2D eigenvalue weighted by Crippen LogP contribution is -2.36. The third-order valence-electron chi connectivity index (χ3n) is 5.05. The quantitative estimate of drug-likeness (QED) is 0.502. The Balaban J connectivity index is 1.74. The van der Waals surface area contributed by atoms with Crippen LogP contribution in [0.4, 0.5) is 11.4 Å². The number of hydrogen-bond donors (Lipinski definition) is 1. The molecule has 0 saturated carbocycles. The molecule has 6 heteroatoms. The van der Waals surface area contributed by atoms with Crippen LogP contribution in [-0.2, 0) is 0 Å². The Hall–Kier alpha value is -2.73. The van der Waals surface area contributed by atoms with E-state index >= 15 is 0 Å². The van der Waals surface area contributed by atoms with Crippen molar-refractivity contribution in [2.75, 3.05) is 18.0 Å². The van der Waals surface area contributed by atoms with Gasteiger partial charge in [-0.3, -0.25) is 14.9 Å². The van der Waals surface area contributed by atoms with Crippen LogP contribution in [0.2, 0.25) is 0 Å². The molecule has 0 spiro atoms. The molecule has 1 heterocycles. The van der Waals surface area contributed by atoms with E-state index < -0.39 is 11.0 Å². The predicted octanol–water partition coefficient (Wildman–Crippen LogP) is 3.75. The molecule has 1 saturated heterocycles. The molecule has 136 valence electrons. The predicted molar refractivity (Wildman–Crippen MR) is 99.4 cm³/mol. The Morgan fingerprint density at radius 3 is 2.42 bits per heavy atom. The van der Waals surface area contributed by atoms with Gasteiger partial charge in [0.15, 0.2) is 5.78 Å². The lowest BCUT2D eigenvalue weighted by atomic mass is 9.87. The first-order valence-corrected chi connectivity index (χ1v) is 8.74. The fourth-order valence-corrected chi connectivity index (χ4v) is 3.53. The zero-order chi connectivity index (χ0) is 18.7. The number of rotatable bonds is 5. The Morgan fingerprint density at radius 2 is 1.85 bits per heavy atom. The number of Topliss-reactive ketones (excluding diaryl/α,β-unsaturated/α-hetero) is 1. The summed E-state index contributed by atoms with van der Waals surface area (Å²) in [7, 11) is 0. The lowest BCUT2D eigenvalue weighted by molar-refractivity contribution is -0.384. The topological polar surface area (TPSA) is 83.7 Å². The number of carbonyl (C=O) groups is 1. The molecule has 6 nitrogen and oxygen atoms in total. The second kappa shape index (κ2) is 7.66. The van der Waals surface area contributed by atoms with Crippen molar-refractivity contribution in [1.29, 1.82) is 0 Å².